The van der Waals surface area contributed by atoms with Crippen molar-refractivity contribution in [3.05, 3.63) is 35.6 Å². The van der Waals surface area contributed by atoms with Gasteiger partial charge in [-0.15, -0.1) is 0 Å². The molecule has 7 heteroatoms. The molecule has 0 saturated carbocycles. The van der Waals surface area contributed by atoms with Gasteiger partial charge in [0.1, 0.15) is 17.9 Å². The zero-order valence-electron chi connectivity index (χ0n) is 12.7. The summed E-state index contributed by atoms with van der Waals surface area (Å²) in [5.41, 5.74) is 0.682. The third kappa shape index (κ3) is 5.51. The van der Waals surface area contributed by atoms with Gasteiger partial charge in [0.05, 0.1) is 7.11 Å². The lowest BCUT2D eigenvalue weighted by Crippen LogP contribution is -2.51. The van der Waals surface area contributed by atoms with E-state index in [0.29, 0.717) is 5.56 Å². The quantitative estimate of drug-likeness (QED) is 0.752. The molecule has 0 bridgehead atoms. The predicted molar refractivity (Wildman–Crippen MR) is 77.3 cm³/mol. The first-order valence-corrected chi connectivity index (χ1v) is 6.73. The average molecular weight is 310 g/mol. The van der Waals surface area contributed by atoms with Gasteiger partial charge in [0.15, 0.2) is 0 Å². The topological polar surface area (TPSA) is 84.5 Å². The van der Waals surface area contributed by atoms with Gasteiger partial charge in [0.25, 0.3) is 0 Å². The lowest BCUT2D eigenvalue weighted by molar-refractivity contribution is -0.144. The summed E-state index contributed by atoms with van der Waals surface area (Å²) in [6.45, 7) is 2.77. The van der Waals surface area contributed by atoms with Crippen molar-refractivity contribution in [1.82, 2.24) is 10.6 Å². The Morgan fingerprint density at radius 2 is 1.77 bits per heavy atom. The summed E-state index contributed by atoms with van der Waals surface area (Å²) >= 11 is 0. The Hall–Kier alpha value is -2.44. The fraction of sp³-hybridized carbons (Fsp3) is 0.400. The molecule has 0 aliphatic carbocycles. The van der Waals surface area contributed by atoms with Crippen LogP contribution in [0.2, 0.25) is 0 Å². The van der Waals surface area contributed by atoms with Crippen LogP contribution in [0, 0.1) is 5.82 Å². The van der Waals surface area contributed by atoms with Crippen molar-refractivity contribution in [2.24, 2.45) is 0 Å². The van der Waals surface area contributed by atoms with E-state index in [1.165, 1.54) is 45.2 Å². The van der Waals surface area contributed by atoms with E-state index in [1.807, 2.05) is 0 Å². The number of carbonyl (C=O) groups is 3. The number of methoxy groups -OCH3 is 1. The Bertz CT molecular complexity index is 545. The van der Waals surface area contributed by atoms with E-state index >= 15 is 0 Å². The number of halogens is 1. The van der Waals surface area contributed by atoms with Crippen LogP contribution in [0.3, 0.4) is 0 Å². The van der Waals surface area contributed by atoms with Gasteiger partial charge in [0.2, 0.25) is 11.8 Å². The van der Waals surface area contributed by atoms with Crippen LogP contribution in [0.1, 0.15) is 19.4 Å². The van der Waals surface area contributed by atoms with E-state index in [9.17, 15) is 18.8 Å². The highest BCUT2D eigenvalue weighted by Gasteiger charge is 2.24. The second-order valence-electron chi connectivity index (χ2n) is 4.84. The molecule has 120 valence electrons. The van der Waals surface area contributed by atoms with Gasteiger partial charge in [-0.05, 0) is 24.6 Å². The molecule has 2 atom stereocenters. The molecule has 1 aromatic rings. The summed E-state index contributed by atoms with van der Waals surface area (Å²) in [4.78, 5) is 34.7. The second-order valence-corrected chi connectivity index (χ2v) is 4.84. The van der Waals surface area contributed by atoms with Crippen LogP contribution < -0.4 is 10.6 Å². The van der Waals surface area contributed by atoms with Gasteiger partial charge in [-0.1, -0.05) is 12.1 Å². The zero-order valence-corrected chi connectivity index (χ0v) is 12.7. The first-order valence-electron chi connectivity index (χ1n) is 6.73. The minimum Gasteiger partial charge on any atom is -0.467 e. The van der Waals surface area contributed by atoms with Crippen LogP contribution in [0.25, 0.3) is 0 Å². The Labute approximate surface area is 128 Å². The normalized spacial score (nSPS) is 12.9. The van der Waals surface area contributed by atoms with Crippen LogP contribution in [-0.4, -0.2) is 37.0 Å². The molecule has 0 saturated heterocycles. The summed E-state index contributed by atoms with van der Waals surface area (Å²) in [7, 11) is 1.22. The first kappa shape index (κ1) is 17.6. The third-order valence-electron chi connectivity index (χ3n) is 2.96. The molecule has 2 N–H and O–H groups in total. The van der Waals surface area contributed by atoms with Crippen molar-refractivity contribution < 1.29 is 23.5 Å². The number of ether oxygens (including phenoxy) is 1. The maximum atomic E-state index is 12.9. The molecular formula is C15H19FN2O4. The average Bonchev–Trinajstić information content (AvgIpc) is 2.47. The zero-order chi connectivity index (χ0) is 16.7. The molecule has 0 aliphatic rings. The Morgan fingerprint density at radius 1 is 1.18 bits per heavy atom. The van der Waals surface area contributed by atoms with Crippen molar-refractivity contribution in [1.29, 1.82) is 0 Å². The number of carbonyl (C=O) groups excluding carboxylic acids is 3. The summed E-state index contributed by atoms with van der Waals surface area (Å²) in [5, 5.41) is 4.97. The molecule has 6 nitrogen and oxygen atoms in total. The van der Waals surface area contributed by atoms with Crippen molar-refractivity contribution in [3.8, 4) is 0 Å². The first-order chi connectivity index (χ1) is 10.3. The monoisotopic (exact) mass is 310 g/mol. The number of hydrogen-bond donors (Lipinski definition) is 2. The number of rotatable bonds is 6. The highest BCUT2D eigenvalue weighted by Crippen LogP contribution is 2.06. The van der Waals surface area contributed by atoms with Gasteiger partial charge in [-0.3, -0.25) is 9.59 Å². The van der Waals surface area contributed by atoms with Crippen molar-refractivity contribution in [2.75, 3.05) is 7.11 Å². The molecule has 0 aromatic heterocycles. The van der Waals surface area contributed by atoms with Gasteiger partial charge >= 0.3 is 5.97 Å². The molecule has 1 rings (SSSR count). The smallest absolute Gasteiger partial charge is 0.328 e. The molecular weight excluding hydrogens is 291 g/mol. The molecule has 0 aliphatic heterocycles. The standard InChI is InChI=1S/C15H19FN2O4/c1-9(15(21)22-3)17-14(20)13(18-10(2)19)8-11-4-6-12(16)7-5-11/h4-7,9,13H,8H2,1-3H3,(H,17,20)(H,18,19)/t9-,13-/m0/s1. The predicted octanol–water partition coefficient (Wildman–Crippen LogP) is 0.551. The number of nitrogens with one attached hydrogen (secondary N) is 2. The Morgan fingerprint density at radius 3 is 2.27 bits per heavy atom. The molecule has 1 aromatic carbocycles. The van der Waals surface area contributed by atoms with E-state index in [-0.39, 0.29) is 18.1 Å². The van der Waals surface area contributed by atoms with Crippen molar-refractivity contribution in [3.63, 3.8) is 0 Å². The van der Waals surface area contributed by atoms with Crippen LogP contribution >= 0.6 is 0 Å². The third-order valence-corrected chi connectivity index (χ3v) is 2.96. The largest absolute Gasteiger partial charge is 0.467 e. The number of hydrogen-bond acceptors (Lipinski definition) is 4. The highest BCUT2D eigenvalue weighted by molar-refractivity contribution is 5.90. The van der Waals surface area contributed by atoms with E-state index in [4.69, 9.17) is 0 Å². The molecule has 0 spiro atoms. The maximum Gasteiger partial charge on any atom is 0.328 e. The van der Waals surface area contributed by atoms with Crippen LogP contribution in [0.5, 0.6) is 0 Å². The minimum atomic E-state index is -0.866. The molecule has 2 amide bonds. The van der Waals surface area contributed by atoms with Gasteiger partial charge in [0, 0.05) is 13.3 Å². The van der Waals surface area contributed by atoms with E-state index in [1.54, 1.807) is 0 Å². The molecule has 0 unspecified atom stereocenters. The fourth-order valence-corrected chi connectivity index (χ4v) is 1.86. The lowest BCUT2D eigenvalue weighted by Gasteiger charge is -2.20. The van der Waals surface area contributed by atoms with Gasteiger partial charge in [-0.25, -0.2) is 9.18 Å². The molecule has 0 radical (unpaired) electrons. The van der Waals surface area contributed by atoms with Crippen LogP contribution in [-0.2, 0) is 25.5 Å². The van der Waals surface area contributed by atoms with E-state index in [2.05, 4.69) is 15.4 Å². The lowest BCUT2D eigenvalue weighted by atomic mass is 10.0. The Balaban J connectivity index is 2.78. The number of amides is 2. The minimum absolute atomic E-state index is 0.180. The van der Waals surface area contributed by atoms with E-state index < -0.39 is 24.0 Å². The van der Waals surface area contributed by atoms with Gasteiger partial charge in [-0.2, -0.15) is 0 Å². The second kappa shape index (κ2) is 8.11. The SMILES string of the molecule is COC(=O)[C@H](C)NC(=O)[C@H](Cc1ccc(F)cc1)NC(C)=O. The van der Waals surface area contributed by atoms with Crippen molar-refractivity contribution in [2.45, 2.75) is 32.4 Å². The summed E-state index contributed by atoms with van der Waals surface area (Å²) in [5.74, 6) is -1.87. The van der Waals surface area contributed by atoms with Crippen LogP contribution in [0.4, 0.5) is 4.39 Å². The van der Waals surface area contributed by atoms with Gasteiger partial charge < -0.3 is 15.4 Å². The molecule has 0 heterocycles. The molecule has 0 fully saturated rings. The maximum absolute atomic E-state index is 12.9. The summed E-state index contributed by atoms with van der Waals surface area (Å²) in [6, 6.07) is 3.91. The molecule has 22 heavy (non-hydrogen) atoms. The van der Waals surface area contributed by atoms with E-state index in [0.717, 1.165) is 0 Å². The highest BCUT2D eigenvalue weighted by atomic mass is 19.1. The Kier molecular flexibility index (Phi) is 6.49. The fourth-order valence-electron chi connectivity index (χ4n) is 1.86. The van der Waals surface area contributed by atoms with Crippen molar-refractivity contribution >= 4 is 17.8 Å². The number of esters is 1. The summed E-state index contributed by atoms with van der Waals surface area (Å²) in [6.07, 6.45) is 0.180. The van der Waals surface area contributed by atoms with Crippen LogP contribution in [0.15, 0.2) is 24.3 Å². The number of benzene rings is 1. The summed E-state index contributed by atoms with van der Waals surface area (Å²) < 4.78 is 17.4.